The molecule has 2 heterocycles. The van der Waals surface area contributed by atoms with Crippen molar-refractivity contribution in [3.8, 4) is 11.3 Å². The molecular formula is C15H11FN2O3. The molecule has 0 fully saturated rings. The van der Waals surface area contributed by atoms with E-state index in [1.54, 1.807) is 30.3 Å². The van der Waals surface area contributed by atoms with Gasteiger partial charge in [-0.15, -0.1) is 0 Å². The van der Waals surface area contributed by atoms with E-state index in [-0.39, 0.29) is 12.4 Å². The highest BCUT2D eigenvalue weighted by Crippen LogP contribution is 2.24. The number of aromatic nitrogens is 2. The van der Waals surface area contributed by atoms with Crippen LogP contribution in [0.5, 0.6) is 0 Å². The molecule has 6 heteroatoms. The molecule has 0 aliphatic rings. The Balaban J connectivity index is 1.91. The number of H-pyrrole nitrogens is 1. The molecule has 2 aromatic heterocycles. The van der Waals surface area contributed by atoms with Crippen LogP contribution in [0.2, 0.25) is 0 Å². The van der Waals surface area contributed by atoms with Crippen LogP contribution in [0.3, 0.4) is 0 Å². The molecule has 106 valence electrons. The second-order valence-corrected chi connectivity index (χ2v) is 4.48. The predicted octanol–water partition coefficient (Wildman–Crippen LogP) is 1.98. The smallest absolute Gasteiger partial charge is 0.328 e. The fourth-order valence-corrected chi connectivity index (χ4v) is 2.01. The number of furan rings is 1. The Morgan fingerprint density at radius 2 is 1.90 bits per heavy atom. The van der Waals surface area contributed by atoms with Gasteiger partial charge in [0.1, 0.15) is 17.3 Å². The van der Waals surface area contributed by atoms with Gasteiger partial charge < -0.3 is 4.42 Å². The summed E-state index contributed by atoms with van der Waals surface area (Å²) in [4.78, 5) is 24.7. The van der Waals surface area contributed by atoms with Crippen LogP contribution < -0.4 is 11.2 Å². The van der Waals surface area contributed by atoms with Crippen molar-refractivity contribution in [3.05, 3.63) is 81.1 Å². The van der Waals surface area contributed by atoms with Crippen LogP contribution in [0.15, 0.2) is 62.7 Å². The highest BCUT2D eigenvalue weighted by molar-refractivity contribution is 5.58. The first-order chi connectivity index (χ1) is 10.1. The van der Waals surface area contributed by atoms with Gasteiger partial charge in [0, 0.05) is 12.3 Å². The average molecular weight is 286 g/mol. The van der Waals surface area contributed by atoms with Crippen LogP contribution in [0.25, 0.3) is 11.3 Å². The van der Waals surface area contributed by atoms with Gasteiger partial charge in [0.15, 0.2) is 0 Å². The van der Waals surface area contributed by atoms with Gasteiger partial charge in [-0.05, 0) is 24.3 Å². The zero-order valence-corrected chi connectivity index (χ0v) is 10.9. The molecule has 5 nitrogen and oxygen atoms in total. The molecule has 0 bridgehead atoms. The number of nitrogens with zero attached hydrogens (tertiary/aromatic N) is 1. The van der Waals surface area contributed by atoms with E-state index in [0.717, 1.165) is 0 Å². The van der Waals surface area contributed by atoms with Crippen LogP contribution in [-0.2, 0) is 6.54 Å². The van der Waals surface area contributed by atoms with Gasteiger partial charge in [0.25, 0.3) is 5.56 Å². The number of hydrogen-bond donors (Lipinski definition) is 1. The molecule has 0 aliphatic carbocycles. The fraction of sp³-hybridized carbons (Fsp3) is 0.0667. The molecule has 0 radical (unpaired) electrons. The monoisotopic (exact) mass is 286 g/mol. The van der Waals surface area contributed by atoms with Crippen LogP contribution in [-0.4, -0.2) is 9.55 Å². The standard InChI is InChI=1S/C15H11FN2O3/c16-12-4-2-1-3-11(12)13-6-5-10(21-13)9-18-8-7-14(19)17-15(18)20/h1-8H,9H2,(H,17,19,20). The van der Waals surface area contributed by atoms with E-state index in [2.05, 4.69) is 4.98 Å². The SMILES string of the molecule is O=c1ccn(Cc2ccc(-c3ccccc3F)o2)c(=O)[nH]1. The summed E-state index contributed by atoms with van der Waals surface area (Å²) in [6, 6.07) is 10.8. The number of rotatable bonds is 3. The summed E-state index contributed by atoms with van der Waals surface area (Å²) in [5.74, 6) is 0.502. The molecule has 3 rings (SSSR count). The van der Waals surface area contributed by atoms with E-state index >= 15 is 0 Å². The van der Waals surface area contributed by atoms with E-state index in [4.69, 9.17) is 4.42 Å². The highest BCUT2D eigenvalue weighted by atomic mass is 19.1. The number of halogens is 1. The summed E-state index contributed by atoms with van der Waals surface area (Å²) < 4.78 is 20.5. The largest absolute Gasteiger partial charge is 0.459 e. The van der Waals surface area contributed by atoms with Crippen LogP contribution in [0, 0.1) is 5.82 Å². The molecule has 0 saturated heterocycles. The van der Waals surface area contributed by atoms with E-state index in [9.17, 15) is 14.0 Å². The summed E-state index contributed by atoms with van der Waals surface area (Å²) in [5.41, 5.74) is -0.619. The van der Waals surface area contributed by atoms with Crippen molar-refractivity contribution in [1.82, 2.24) is 9.55 Å². The highest BCUT2D eigenvalue weighted by Gasteiger charge is 2.09. The molecule has 0 amide bonds. The number of benzene rings is 1. The molecule has 0 unspecified atom stereocenters. The second-order valence-electron chi connectivity index (χ2n) is 4.48. The first-order valence-electron chi connectivity index (χ1n) is 6.27. The summed E-state index contributed by atoms with van der Waals surface area (Å²) in [6.07, 6.45) is 1.38. The minimum absolute atomic E-state index is 0.157. The third kappa shape index (κ3) is 2.69. The predicted molar refractivity (Wildman–Crippen MR) is 74.5 cm³/mol. The zero-order chi connectivity index (χ0) is 14.8. The summed E-state index contributed by atoms with van der Waals surface area (Å²) >= 11 is 0. The number of aromatic amines is 1. The molecule has 0 atom stereocenters. The van der Waals surface area contributed by atoms with Crippen molar-refractivity contribution in [3.63, 3.8) is 0 Å². The first kappa shape index (κ1) is 13.1. The topological polar surface area (TPSA) is 68.0 Å². The maximum absolute atomic E-state index is 13.7. The van der Waals surface area contributed by atoms with Gasteiger partial charge in [-0.3, -0.25) is 14.3 Å². The normalized spacial score (nSPS) is 10.7. The summed E-state index contributed by atoms with van der Waals surface area (Å²) in [5, 5.41) is 0. The van der Waals surface area contributed by atoms with Crippen molar-refractivity contribution in [2.45, 2.75) is 6.54 Å². The van der Waals surface area contributed by atoms with Crippen molar-refractivity contribution < 1.29 is 8.81 Å². The lowest BCUT2D eigenvalue weighted by Gasteiger charge is -2.02. The van der Waals surface area contributed by atoms with Crippen molar-refractivity contribution >= 4 is 0 Å². The van der Waals surface area contributed by atoms with E-state index in [1.165, 1.54) is 22.9 Å². The Labute approximate surface area is 118 Å². The van der Waals surface area contributed by atoms with Crippen molar-refractivity contribution in [1.29, 1.82) is 0 Å². The van der Waals surface area contributed by atoms with E-state index in [1.807, 2.05) is 0 Å². The van der Waals surface area contributed by atoms with Crippen LogP contribution >= 0.6 is 0 Å². The van der Waals surface area contributed by atoms with Crippen molar-refractivity contribution in [2.75, 3.05) is 0 Å². The number of nitrogens with one attached hydrogen (secondary N) is 1. The molecule has 1 N–H and O–H groups in total. The van der Waals surface area contributed by atoms with Gasteiger partial charge in [0.05, 0.1) is 12.1 Å². The lowest BCUT2D eigenvalue weighted by molar-refractivity contribution is 0.494. The molecule has 21 heavy (non-hydrogen) atoms. The van der Waals surface area contributed by atoms with Gasteiger partial charge in [-0.2, -0.15) is 0 Å². The maximum Gasteiger partial charge on any atom is 0.328 e. The molecular weight excluding hydrogens is 275 g/mol. The fourth-order valence-electron chi connectivity index (χ4n) is 2.01. The maximum atomic E-state index is 13.7. The van der Waals surface area contributed by atoms with Gasteiger partial charge >= 0.3 is 5.69 Å². The number of hydrogen-bond acceptors (Lipinski definition) is 3. The summed E-state index contributed by atoms with van der Waals surface area (Å²) in [7, 11) is 0. The molecule has 0 saturated carbocycles. The van der Waals surface area contributed by atoms with Crippen LogP contribution in [0.4, 0.5) is 4.39 Å². The lowest BCUT2D eigenvalue weighted by Crippen LogP contribution is -2.28. The van der Waals surface area contributed by atoms with E-state index < -0.39 is 11.2 Å². The Hall–Kier alpha value is -2.89. The third-order valence-electron chi connectivity index (χ3n) is 3.02. The van der Waals surface area contributed by atoms with Crippen LogP contribution in [0.1, 0.15) is 5.76 Å². The van der Waals surface area contributed by atoms with Crippen molar-refractivity contribution in [2.24, 2.45) is 0 Å². The minimum atomic E-state index is -0.522. The van der Waals surface area contributed by atoms with Gasteiger partial charge in [-0.25, -0.2) is 9.18 Å². The second kappa shape index (κ2) is 5.24. The first-order valence-corrected chi connectivity index (χ1v) is 6.27. The third-order valence-corrected chi connectivity index (χ3v) is 3.02. The molecule has 1 aromatic carbocycles. The molecule has 3 aromatic rings. The lowest BCUT2D eigenvalue weighted by atomic mass is 10.1. The molecule has 0 spiro atoms. The Morgan fingerprint density at radius 1 is 1.10 bits per heavy atom. The van der Waals surface area contributed by atoms with Gasteiger partial charge in [0.2, 0.25) is 0 Å². The van der Waals surface area contributed by atoms with Gasteiger partial charge in [-0.1, -0.05) is 12.1 Å². The molecule has 0 aliphatic heterocycles. The minimum Gasteiger partial charge on any atom is -0.459 e. The van der Waals surface area contributed by atoms with E-state index in [0.29, 0.717) is 17.1 Å². The summed E-state index contributed by atoms with van der Waals surface area (Å²) in [6.45, 7) is 0.157. The Bertz CT molecular complexity index is 892. The Kier molecular flexibility index (Phi) is 3.27. The Morgan fingerprint density at radius 3 is 2.67 bits per heavy atom. The average Bonchev–Trinajstić information content (AvgIpc) is 2.91. The quantitative estimate of drug-likeness (QED) is 0.800. The zero-order valence-electron chi connectivity index (χ0n) is 10.9.